The van der Waals surface area contributed by atoms with Crippen molar-refractivity contribution in [3.05, 3.63) is 12.3 Å². The molecule has 13 heavy (non-hydrogen) atoms. The van der Waals surface area contributed by atoms with Gasteiger partial charge in [-0.1, -0.05) is 19.9 Å². The van der Waals surface area contributed by atoms with Gasteiger partial charge in [-0.3, -0.25) is 0 Å². The lowest BCUT2D eigenvalue weighted by Crippen LogP contribution is -2.15. The third kappa shape index (κ3) is 3.39. The quantitative estimate of drug-likeness (QED) is 0.479. The minimum Gasteiger partial charge on any atom is -0.498 e. The number of unbranched alkanes of at least 4 members (excludes halogenated alkanes) is 1. The first-order valence-corrected chi connectivity index (χ1v) is 5.24. The van der Waals surface area contributed by atoms with Crippen LogP contribution in [0.3, 0.4) is 0 Å². The fraction of sp³-hybridized carbons (Fsp3) is 0.818. The number of rotatable bonds is 5. The number of likely N-dealkylation sites (tertiary alicyclic amines) is 1. The summed E-state index contributed by atoms with van der Waals surface area (Å²) in [6.45, 7) is 9.31. The summed E-state index contributed by atoms with van der Waals surface area (Å²) in [5, 5.41) is 0. The Balaban J connectivity index is 2.16. The summed E-state index contributed by atoms with van der Waals surface area (Å²) in [7, 11) is 2.15. The second-order valence-corrected chi connectivity index (χ2v) is 3.92. The zero-order chi connectivity index (χ0) is 9.68. The van der Waals surface area contributed by atoms with Gasteiger partial charge in [0.2, 0.25) is 0 Å². The first-order valence-electron chi connectivity index (χ1n) is 5.24. The molecule has 1 fully saturated rings. The lowest BCUT2D eigenvalue weighted by molar-refractivity contribution is 0.175. The van der Waals surface area contributed by atoms with Gasteiger partial charge in [0.1, 0.15) is 0 Å². The van der Waals surface area contributed by atoms with E-state index in [4.69, 9.17) is 4.74 Å². The van der Waals surface area contributed by atoms with Crippen molar-refractivity contribution in [1.29, 1.82) is 0 Å². The molecule has 1 aliphatic rings. The van der Waals surface area contributed by atoms with Crippen LogP contribution < -0.4 is 0 Å². The molecule has 1 aliphatic heterocycles. The molecule has 1 rings (SSSR count). The zero-order valence-corrected chi connectivity index (χ0v) is 8.88. The maximum atomic E-state index is 5.59. The highest BCUT2D eigenvalue weighted by Gasteiger charge is 2.22. The third-order valence-corrected chi connectivity index (χ3v) is 2.63. The van der Waals surface area contributed by atoms with Crippen LogP contribution in [0.5, 0.6) is 0 Å². The van der Waals surface area contributed by atoms with Crippen LogP contribution >= 0.6 is 0 Å². The highest BCUT2D eigenvalue weighted by atomic mass is 16.5. The largest absolute Gasteiger partial charge is 0.498 e. The number of ether oxygens (including phenoxy) is 1. The first-order chi connectivity index (χ1) is 6.24. The van der Waals surface area contributed by atoms with E-state index in [1.807, 2.05) is 0 Å². The Morgan fingerprint density at radius 3 is 2.92 bits per heavy atom. The standard InChI is InChI=1S/C11H21NO/c1-4-5-8-13-10(2)11-6-7-12(3)9-11/h11H,2,4-9H2,1,3H3. The van der Waals surface area contributed by atoms with Gasteiger partial charge in [-0.2, -0.15) is 0 Å². The molecule has 0 amide bonds. The van der Waals surface area contributed by atoms with Gasteiger partial charge in [-0.05, 0) is 26.4 Å². The van der Waals surface area contributed by atoms with Crippen molar-refractivity contribution in [2.24, 2.45) is 5.92 Å². The van der Waals surface area contributed by atoms with Crippen molar-refractivity contribution in [2.75, 3.05) is 26.7 Å². The van der Waals surface area contributed by atoms with Gasteiger partial charge in [0, 0.05) is 12.5 Å². The molecule has 0 radical (unpaired) electrons. The summed E-state index contributed by atoms with van der Waals surface area (Å²) in [6, 6.07) is 0. The molecule has 0 aromatic carbocycles. The number of nitrogens with zero attached hydrogens (tertiary/aromatic N) is 1. The molecule has 0 aromatic heterocycles. The Kier molecular flexibility index (Phi) is 4.29. The maximum absolute atomic E-state index is 5.59. The molecule has 1 heterocycles. The van der Waals surface area contributed by atoms with E-state index in [0.717, 1.165) is 25.3 Å². The topological polar surface area (TPSA) is 12.5 Å². The van der Waals surface area contributed by atoms with Gasteiger partial charge in [0.15, 0.2) is 0 Å². The molecule has 0 aromatic rings. The van der Waals surface area contributed by atoms with Crippen molar-refractivity contribution < 1.29 is 4.74 Å². The molecule has 76 valence electrons. The predicted molar refractivity (Wildman–Crippen MR) is 55.6 cm³/mol. The van der Waals surface area contributed by atoms with Gasteiger partial charge in [-0.25, -0.2) is 0 Å². The average Bonchev–Trinajstić information content (AvgIpc) is 2.52. The Bertz CT molecular complexity index is 167. The van der Waals surface area contributed by atoms with E-state index < -0.39 is 0 Å². The van der Waals surface area contributed by atoms with E-state index in [0.29, 0.717) is 5.92 Å². The van der Waals surface area contributed by atoms with Crippen LogP contribution in [0.4, 0.5) is 0 Å². The summed E-state index contributed by atoms with van der Waals surface area (Å²) in [6.07, 6.45) is 3.54. The normalized spacial score (nSPS) is 23.4. The third-order valence-electron chi connectivity index (χ3n) is 2.63. The van der Waals surface area contributed by atoms with Crippen LogP contribution in [0.15, 0.2) is 12.3 Å². The second-order valence-electron chi connectivity index (χ2n) is 3.92. The van der Waals surface area contributed by atoms with Crippen molar-refractivity contribution in [2.45, 2.75) is 26.2 Å². The molecule has 0 N–H and O–H groups in total. The smallest absolute Gasteiger partial charge is 0.0932 e. The van der Waals surface area contributed by atoms with E-state index in [2.05, 4.69) is 25.5 Å². The molecule has 2 nitrogen and oxygen atoms in total. The Morgan fingerprint density at radius 1 is 1.62 bits per heavy atom. The summed E-state index contributed by atoms with van der Waals surface area (Å²) < 4.78 is 5.59. The molecule has 0 saturated carbocycles. The van der Waals surface area contributed by atoms with E-state index in [-0.39, 0.29) is 0 Å². The van der Waals surface area contributed by atoms with Crippen LogP contribution in [0.1, 0.15) is 26.2 Å². The molecule has 0 aliphatic carbocycles. The monoisotopic (exact) mass is 183 g/mol. The molecule has 1 atom stereocenters. The molecular formula is C11H21NO. The van der Waals surface area contributed by atoms with Gasteiger partial charge in [0.25, 0.3) is 0 Å². The lowest BCUT2D eigenvalue weighted by atomic mass is 10.1. The molecule has 1 saturated heterocycles. The molecular weight excluding hydrogens is 162 g/mol. The lowest BCUT2D eigenvalue weighted by Gasteiger charge is -2.14. The Hall–Kier alpha value is -0.500. The summed E-state index contributed by atoms with van der Waals surface area (Å²) in [5.41, 5.74) is 0. The van der Waals surface area contributed by atoms with Crippen LogP contribution in [0.25, 0.3) is 0 Å². The SMILES string of the molecule is C=C(OCCCC)C1CCN(C)C1. The van der Waals surface area contributed by atoms with E-state index in [1.165, 1.54) is 19.4 Å². The van der Waals surface area contributed by atoms with Crippen molar-refractivity contribution >= 4 is 0 Å². The second kappa shape index (κ2) is 5.28. The summed E-state index contributed by atoms with van der Waals surface area (Å²) in [4.78, 5) is 2.33. The van der Waals surface area contributed by atoms with Crippen LogP contribution in [0.2, 0.25) is 0 Å². The van der Waals surface area contributed by atoms with E-state index in [1.54, 1.807) is 0 Å². The molecule has 0 bridgehead atoms. The fourth-order valence-corrected chi connectivity index (χ4v) is 1.66. The summed E-state index contributed by atoms with van der Waals surface area (Å²) in [5.74, 6) is 1.57. The Morgan fingerprint density at radius 2 is 2.38 bits per heavy atom. The molecule has 1 unspecified atom stereocenters. The summed E-state index contributed by atoms with van der Waals surface area (Å²) >= 11 is 0. The number of hydrogen-bond acceptors (Lipinski definition) is 2. The van der Waals surface area contributed by atoms with Crippen molar-refractivity contribution in [3.63, 3.8) is 0 Å². The minimum atomic E-state index is 0.571. The zero-order valence-electron chi connectivity index (χ0n) is 8.88. The van der Waals surface area contributed by atoms with E-state index in [9.17, 15) is 0 Å². The van der Waals surface area contributed by atoms with Crippen LogP contribution in [0, 0.1) is 5.92 Å². The molecule has 2 heteroatoms. The fourth-order valence-electron chi connectivity index (χ4n) is 1.66. The Labute approximate surface area is 81.6 Å². The highest BCUT2D eigenvalue weighted by molar-refractivity contribution is 4.96. The average molecular weight is 183 g/mol. The van der Waals surface area contributed by atoms with Gasteiger partial charge in [0.05, 0.1) is 12.4 Å². The minimum absolute atomic E-state index is 0.571. The van der Waals surface area contributed by atoms with Crippen molar-refractivity contribution in [3.8, 4) is 0 Å². The predicted octanol–water partition coefficient (Wildman–Crippen LogP) is 2.27. The number of hydrogen-bond donors (Lipinski definition) is 0. The highest BCUT2D eigenvalue weighted by Crippen LogP contribution is 2.22. The van der Waals surface area contributed by atoms with Crippen molar-refractivity contribution in [1.82, 2.24) is 4.90 Å². The molecule has 0 spiro atoms. The van der Waals surface area contributed by atoms with Gasteiger partial charge in [-0.15, -0.1) is 0 Å². The van der Waals surface area contributed by atoms with Gasteiger partial charge >= 0.3 is 0 Å². The van der Waals surface area contributed by atoms with E-state index >= 15 is 0 Å². The first kappa shape index (κ1) is 10.6. The van der Waals surface area contributed by atoms with Crippen LogP contribution in [-0.4, -0.2) is 31.6 Å². The van der Waals surface area contributed by atoms with Crippen LogP contribution in [-0.2, 0) is 4.74 Å². The van der Waals surface area contributed by atoms with Gasteiger partial charge < -0.3 is 9.64 Å². The maximum Gasteiger partial charge on any atom is 0.0932 e.